The van der Waals surface area contributed by atoms with Crippen LogP contribution in [0.5, 0.6) is 0 Å². The van der Waals surface area contributed by atoms with Crippen LogP contribution < -0.4 is 5.32 Å². The summed E-state index contributed by atoms with van der Waals surface area (Å²) in [5, 5.41) is 5.48. The molecule has 1 saturated heterocycles. The number of hydrogen-bond donors (Lipinski definition) is 1. The number of rotatable bonds is 12. The third kappa shape index (κ3) is 7.40. The zero-order valence-corrected chi connectivity index (χ0v) is 24.7. The number of nitrogens with zero attached hydrogens (tertiary/aromatic N) is 3. The Labute approximate surface area is 239 Å². The Bertz CT molecular complexity index is 1350. The Morgan fingerprint density at radius 2 is 1.65 bits per heavy atom. The van der Waals surface area contributed by atoms with Crippen LogP contribution in [0.25, 0.3) is 10.8 Å². The molecule has 0 spiro atoms. The lowest BCUT2D eigenvalue weighted by Crippen LogP contribution is -2.43. The van der Waals surface area contributed by atoms with E-state index >= 15 is 0 Å². The number of amides is 2. The molecule has 0 unspecified atom stereocenters. The number of fused-ring (bicyclic) bond motifs is 1. The minimum absolute atomic E-state index is 0.137. The third-order valence-corrected chi connectivity index (χ3v) is 9.63. The lowest BCUT2D eigenvalue weighted by atomic mass is 10.00. The average molecular weight is 567 g/mol. The fraction of sp³-hybridized carbons (Fsp3) is 0.452. The molecule has 0 bridgehead atoms. The molecule has 216 valence electrons. The SMILES string of the molecule is CCN(CC)S(=O)(=O)c1ccc(CN(CCCN2CCOCC2)C(=O)N[C@@H](C)c2cccc3ccccc23)cc1. The highest BCUT2D eigenvalue weighted by molar-refractivity contribution is 7.89. The molecule has 40 heavy (non-hydrogen) atoms. The quantitative estimate of drug-likeness (QED) is 0.339. The maximum Gasteiger partial charge on any atom is 0.318 e. The number of carbonyl (C=O) groups is 1. The van der Waals surface area contributed by atoms with Crippen molar-refractivity contribution in [3.8, 4) is 0 Å². The fourth-order valence-electron chi connectivity index (χ4n) is 5.24. The standard InChI is InChI=1S/C31H42N4O4S/c1-4-35(5-2)40(37,38)28-16-14-26(15-17-28)24-34(19-9-18-33-20-22-39-23-21-33)31(36)32-25(3)29-13-8-11-27-10-6-7-12-30(27)29/h6-8,10-17,25H,4-5,9,18-24H2,1-3H3,(H,32,36)/t25-/m0/s1. The molecule has 0 aromatic heterocycles. The minimum Gasteiger partial charge on any atom is -0.379 e. The van der Waals surface area contributed by atoms with Gasteiger partial charge in [0.25, 0.3) is 0 Å². The van der Waals surface area contributed by atoms with Crippen molar-refractivity contribution in [1.82, 2.24) is 19.4 Å². The van der Waals surface area contributed by atoms with Crippen molar-refractivity contribution in [2.24, 2.45) is 0 Å². The second-order valence-corrected chi connectivity index (χ2v) is 12.1. The summed E-state index contributed by atoms with van der Waals surface area (Å²) in [7, 11) is -3.53. The number of morpholine rings is 1. The Hall–Kier alpha value is -2.98. The van der Waals surface area contributed by atoms with Gasteiger partial charge in [0.15, 0.2) is 0 Å². The van der Waals surface area contributed by atoms with Crippen LogP contribution in [0.15, 0.2) is 71.6 Å². The number of urea groups is 1. The van der Waals surface area contributed by atoms with Gasteiger partial charge in [0.2, 0.25) is 10.0 Å². The van der Waals surface area contributed by atoms with Gasteiger partial charge >= 0.3 is 6.03 Å². The van der Waals surface area contributed by atoms with Gasteiger partial charge in [-0.2, -0.15) is 4.31 Å². The van der Waals surface area contributed by atoms with Crippen molar-refractivity contribution in [3.05, 3.63) is 77.9 Å². The molecule has 3 aromatic rings. The molecule has 1 atom stereocenters. The second-order valence-electron chi connectivity index (χ2n) is 10.2. The molecule has 1 aliphatic heterocycles. The molecule has 2 amide bonds. The molecule has 0 aliphatic carbocycles. The smallest absolute Gasteiger partial charge is 0.318 e. The molecule has 1 N–H and O–H groups in total. The van der Waals surface area contributed by atoms with Crippen molar-refractivity contribution in [2.45, 2.75) is 44.7 Å². The van der Waals surface area contributed by atoms with E-state index in [1.807, 2.05) is 56.0 Å². The van der Waals surface area contributed by atoms with Gasteiger partial charge in [-0.25, -0.2) is 13.2 Å². The third-order valence-electron chi connectivity index (χ3n) is 7.56. The largest absolute Gasteiger partial charge is 0.379 e. The van der Waals surface area contributed by atoms with Gasteiger partial charge in [-0.05, 0) is 47.4 Å². The maximum absolute atomic E-state index is 13.6. The minimum atomic E-state index is -3.53. The normalized spacial score (nSPS) is 15.3. The van der Waals surface area contributed by atoms with Crippen LogP contribution in [0, 0.1) is 0 Å². The number of ether oxygens (including phenoxy) is 1. The molecule has 0 saturated carbocycles. The molecular formula is C31H42N4O4S. The molecule has 0 radical (unpaired) electrons. The molecule has 3 aromatic carbocycles. The Kier molecular flexibility index (Phi) is 10.6. The molecule has 4 rings (SSSR count). The fourth-order valence-corrected chi connectivity index (χ4v) is 6.70. The van der Waals surface area contributed by atoms with Crippen LogP contribution in [0.4, 0.5) is 4.79 Å². The first-order valence-corrected chi connectivity index (χ1v) is 15.7. The van der Waals surface area contributed by atoms with Gasteiger partial charge in [0.05, 0.1) is 24.2 Å². The predicted molar refractivity (Wildman–Crippen MR) is 160 cm³/mol. The van der Waals surface area contributed by atoms with Crippen LogP contribution in [0.1, 0.15) is 44.4 Å². The van der Waals surface area contributed by atoms with Crippen LogP contribution in [0.3, 0.4) is 0 Å². The van der Waals surface area contributed by atoms with E-state index in [1.165, 1.54) is 4.31 Å². The van der Waals surface area contributed by atoms with E-state index in [9.17, 15) is 13.2 Å². The molecule has 1 fully saturated rings. The van der Waals surface area contributed by atoms with Gasteiger partial charge in [-0.3, -0.25) is 4.90 Å². The van der Waals surface area contributed by atoms with Gasteiger partial charge in [0, 0.05) is 45.8 Å². The van der Waals surface area contributed by atoms with Crippen molar-refractivity contribution >= 4 is 26.8 Å². The highest BCUT2D eigenvalue weighted by atomic mass is 32.2. The average Bonchev–Trinajstić information content (AvgIpc) is 2.97. The van der Waals surface area contributed by atoms with Gasteiger partial charge in [-0.1, -0.05) is 68.4 Å². The van der Waals surface area contributed by atoms with E-state index in [1.54, 1.807) is 12.1 Å². The first kappa shape index (κ1) is 30.0. The van der Waals surface area contributed by atoms with Crippen LogP contribution in [-0.4, -0.2) is 81.0 Å². The Morgan fingerprint density at radius 1 is 0.975 bits per heavy atom. The second kappa shape index (κ2) is 14.1. The number of carbonyl (C=O) groups excluding carboxylic acids is 1. The van der Waals surface area contributed by atoms with Gasteiger partial charge in [0.1, 0.15) is 0 Å². The monoisotopic (exact) mass is 566 g/mol. The zero-order valence-electron chi connectivity index (χ0n) is 23.9. The summed E-state index contributed by atoms with van der Waals surface area (Å²) in [6.07, 6.45) is 0.838. The van der Waals surface area contributed by atoms with Crippen LogP contribution in [-0.2, 0) is 21.3 Å². The molecule has 1 heterocycles. The Balaban J connectivity index is 1.48. The first-order chi connectivity index (χ1) is 19.3. The summed E-state index contributed by atoms with van der Waals surface area (Å²) in [6.45, 7) is 11.7. The Morgan fingerprint density at radius 3 is 2.35 bits per heavy atom. The van der Waals surface area contributed by atoms with E-state index in [2.05, 4.69) is 34.5 Å². The summed E-state index contributed by atoms with van der Waals surface area (Å²) in [4.78, 5) is 18.1. The number of benzene rings is 3. The highest BCUT2D eigenvalue weighted by Crippen LogP contribution is 2.24. The van der Waals surface area contributed by atoms with Crippen molar-refractivity contribution < 1.29 is 17.9 Å². The summed E-state index contributed by atoms with van der Waals surface area (Å²) in [6, 6.07) is 21.0. The first-order valence-electron chi connectivity index (χ1n) is 14.3. The number of nitrogens with one attached hydrogen (secondary N) is 1. The van der Waals surface area contributed by atoms with Crippen LogP contribution >= 0.6 is 0 Å². The predicted octanol–water partition coefficient (Wildman–Crippen LogP) is 4.87. The van der Waals surface area contributed by atoms with E-state index in [0.29, 0.717) is 26.2 Å². The van der Waals surface area contributed by atoms with Crippen LogP contribution in [0.2, 0.25) is 0 Å². The summed E-state index contributed by atoms with van der Waals surface area (Å²) >= 11 is 0. The topological polar surface area (TPSA) is 82.2 Å². The number of hydrogen-bond acceptors (Lipinski definition) is 5. The molecule has 1 aliphatic rings. The number of sulfonamides is 1. The highest BCUT2D eigenvalue weighted by Gasteiger charge is 2.23. The van der Waals surface area contributed by atoms with Gasteiger partial charge < -0.3 is 15.0 Å². The summed E-state index contributed by atoms with van der Waals surface area (Å²) < 4.78 is 32.7. The molecule has 8 nitrogen and oxygen atoms in total. The summed E-state index contributed by atoms with van der Waals surface area (Å²) in [5.41, 5.74) is 1.96. The van der Waals surface area contributed by atoms with Crippen molar-refractivity contribution in [2.75, 3.05) is 52.5 Å². The van der Waals surface area contributed by atoms with E-state index in [-0.39, 0.29) is 17.0 Å². The molecular weight excluding hydrogens is 524 g/mol. The van der Waals surface area contributed by atoms with Crippen molar-refractivity contribution in [3.63, 3.8) is 0 Å². The van der Waals surface area contributed by atoms with E-state index in [0.717, 1.165) is 61.2 Å². The lowest BCUT2D eigenvalue weighted by molar-refractivity contribution is 0.0364. The van der Waals surface area contributed by atoms with E-state index < -0.39 is 10.0 Å². The van der Waals surface area contributed by atoms with Gasteiger partial charge in [-0.15, -0.1) is 0 Å². The molecule has 9 heteroatoms. The van der Waals surface area contributed by atoms with Crippen molar-refractivity contribution in [1.29, 1.82) is 0 Å². The zero-order chi connectivity index (χ0) is 28.5. The maximum atomic E-state index is 13.6. The lowest BCUT2D eigenvalue weighted by Gasteiger charge is -2.29. The summed E-state index contributed by atoms with van der Waals surface area (Å²) in [5.74, 6) is 0. The van der Waals surface area contributed by atoms with E-state index in [4.69, 9.17) is 4.74 Å².